The van der Waals surface area contributed by atoms with Crippen molar-refractivity contribution >= 4 is 34.4 Å². The predicted molar refractivity (Wildman–Crippen MR) is 119 cm³/mol. The lowest BCUT2D eigenvalue weighted by atomic mass is 10.1. The van der Waals surface area contributed by atoms with Crippen molar-refractivity contribution in [2.75, 3.05) is 49.6 Å². The number of nitrogens with one attached hydrogen (secondary N) is 1. The molecule has 2 aliphatic heterocycles. The van der Waals surface area contributed by atoms with Gasteiger partial charge >= 0.3 is 0 Å². The van der Waals surface area contributed by atoms with Crippen LogP contribution in [0.15, 0.2) is 47.7 Å². The summed E-state index contributed by atoms with van der Waals surface area (Å²) >= 11 is 5.60. The van der Waals surface area contributed by atoms with Gasteiger partial charge in [-0.3, -0.25) is 10.4 Å². The smallest absolute Gasteiger partial charge is 0.189 e. The molecule has 0 aliphatic carbocycles. The fourth-order valence-electron chi connectivity index (χ4n) is 3.73. The molecule has 7 heteroatoms. The summed E-state index contributed by atoms with van der Waals surface area (Å²) in [7, 11) is 2.09. The normalized spacial score (nSPS) is 18.2. The Kier molecular flexibility index (Phi) is 5.43. The number of anilines is 2. The van der Waals surface area contributed by atoms with Crippen molar-refractivity contribution in [3.63, 3.8) is 0 Å². The third kappa shape index (κ3) is 3.94. The molecule has 1 aromatic carbocycles. The monoisotopic (exact) mass is 394 g/mol. The van der Waals surface area contributed by atoms with Crippen LogP contribution in [-0.4, -0.2) is 60.5 Å². The highest BCUT2D eigenvalue weighted by atomic mass is 32.1. The van der Waals surface area contributed by atoms with Gasteiger partial charge in [0.25, 0.3) is 0 Å². The molecule has 146 valence electrons. The SMILES string of the molecule is Cc1cccc(N2CCN(C(=S)N/N=C3/CCN(C)c4cccnc43)CC2)c1. The fourth-order valence-corrected chi connectivity index (χ4v) is 3.96. The summed E-state index contributed by atoms with van der Waals surface area (Å²) in [4.78, 5) is 11.3. The first-order valence-electron chi connectivity index (χ1n) is 9.71. The number of hydrazone groups is 1. The van der Waals surface area contributed by atoms with Crippen molar-refractivity contribution in [3.05, 3.63) is 53.9 Å². The molecular formula is C21H26N6S. The first-order valence-corrected chi connectivity index (χ1v) is 10.1. The number of rotatable bonds is 2. The van der Waals surface area contributed by atoms with Crippen LogP contribution in [0, 0.1) is 6.92 Å². The number of aromatic nitrogens is 1. The number of pyridine rings is 1. The predicted octanol–water partition coefficient (Wildman–Crippen LogP) is 2.63. The van der Waals surface area contributed by atoms with Crippen LogP contribution in [-0.2, 0) is 0 Å². The standard InChI is InChI=1S/C21H26N6S/c1-16-5-3-6-17(15-16)26-11-13-27(14-12-26)21(28)24-23-18-8-10-25(2)19-7-4-9-22-20(18)19/h3-7,9,15H,8,10-14H2,1-2H3,(H,24,28)/b23-18-. The Morgan fingerprint density at radius 3 is 2.71 bits per heavy atom. The van der Waals surface area contributed by atoms with E-state index in [1.54, 1.807) is 0 Å². The van der Waals surface area contributed by atoms with Crippen LogP contribution in [0.1, 0.15) is 17.7 Å². The Bertz CT molecular complexity index is 888. The Morgan fingerprint density at radius 1 is 1.11 bits per heavy atom. The number of piperazine rings is 1. The van der Waals surface area contributed by atoms with Crippen LogP contribution in [0.4, 0.5) is 11.4 Å². The Labute approximate surface area is 171 Å². The number of aryl methyl sites for hydroxylation is 1. The van der Waals surface area contributed by atoms with Gasteiger partial charge in [-0.15, -0.1) is 0 Å². The minimum Gasteiger partial charge on any atom is -0.372 e. The van der Waals surface area contributed by atoms with E-state index in [0.29, 0.717) is 5.11 Å². The van der Waals surface area contributed by atoms with Crippen LogP contribution in [0.5, 0.6) is 0 Å². The van der Waals surface area contributed by atoms with E-state index in [-0.39, 0.29) is 0 Å². The molecule has 1 fully saturated rings. The molecule has 1 aromatic heterocycles. The van der Waals surface area contributed by atoms with Crippen LogP contribution in [0.2, 0.25) is 0 Å². The zero-order valence-electron chi connectivity index (χ0n) is 16.4. The first-order chi connectivity index (χ1) is 13.6. The summed E-state index contributed by atoms with van der Waals surface area (Å²) in [5.41, 5.74) is 8.71. The van der Waals surface area contributed by atoms with Crippen LogP contribution in [0.25, 0.3) is 0 Å². The largest absolute Gasteiger partial charge is 0.372 e. The summed E-state index contributed by atoms with van der Waals surface area (Å²) in [5, 5.41) is 5.29. The molecule has 4 rings (SSSR count). The Balaban J connectivity index is 1.37. The summed E-state index contributed by atoms with van der Waals surface area (Å²) in [5.74, 6) is 0. The van der Waals surface area contributed by atoms with Gasteiger partial charge in [-0.2, -0.15) is 5.10 Å². The van der Waals surface area contributed by atoms with Gasteiger partial charge in [0, 0.05) is 58.1 Å². The van der Waals surface area contributed by atoms with E-state index in [4.69, 9.17) is 12.2 Å². The second kappa shape index (κ2) is 8.14. The van der Waals surface area contributed by atoms with E-state index in [0.717, 1.165) is 56.2 Å². The van der Waals surface area contributed by atoms with Crippen molar-refractivity contribution in [2.24, 2.45) is 5.10 Å². The molecular weight excluding hydrogens is 368 g/mol. The van der Waals surface area contributed by atoms with Crippen molar-refractivity contribution in [3.8, 4) is 0 Å². The second-order valence-corrected chi connectivity index (χ2v) is 7.72. The van der Waals surface area contributed by atoms with Crippen molar-refractivity contribution in [2.45, 2.75) is 13.3 Å². The number of thiocarbonyl (C=S) groups is 1. The molecule has 0 radical (unpaired) electrons. The van der Waals surface area contributed by atoms with Gasteiger partial charge in [-0.1, -0.05) is 12.1 Å². The molecule has 0 amide bonds. The Hall–Kier alpha value is -2.67. The highest BCUT2D eigenvalue weighted by Gasteiger charge is 2.22. The molecule has 0 unspecified atom stereocenters. The number of benzene rings is 1. The van der Waals surface area contributed by atoms with Crippen molar-refractivity contribution in [1.82, 2.24) is 15.3 Å². The number of fused-ring (bicyclic) bond motifs is 1. The molecule has 2 aromatic rings. The van der Waals surface area contributed by atoms with E-state index in [2.05, 4.69) is 74.5 Å². The lowest BCUT2D eigenvalue weighted by molar-refractivity contribution is 0.381. The lowest BCUT2D eigenvalue weighted by Crippen LogP contribution is -2.51. The van der Waals surface area contributed by atoms with Gasteiger partial charge in [0.1, 0.15) is 5.69 Å². The second-order valence-electron chi connectivity index (χ2n) is 7.33. The summed E-state index contributed by atoms with van der Waals surface area (Å²) in [6.45, 7) is 6.76. The maximum atomic E-state index is 5.60. The van der Waals surface area contributed by atoms with E-state index in [9.17, 15) is 0 Å². The summed E-state index contributed by atoms with van der Waals surface area (Å²) < 4.78 is 0. The number of nitrogens with zero attached hydrogens (tertiary/aromatic N) is 5. The molecule has 0 atom stereocenters. The van der Waals surface area contributed by atoms with Gasteiger partial charge in [0.15, 0.2) is 5.11 Å². The molecule has 0 saturated carbocycles. The van der Waals surface area contributed by atoms with Gasteiger partial charge in [-0.05, 0) is 49.0 Å². The maximum absolute atomic E-state index is 5.60. The molecule has 28 heavy (non-hydrogen) atoms. The first kappa shape index (κ1) is 18.7. The van der Waals surface area contributed by atoms with Crippen LogP contribution >= 0.6 is 12.2 Å². The molecule has 3 heterocycles. The van der Waals surface area contributed by atoms with Gasteiger partial charge in [0.2, 0.25) is 0 Å². The van der Waals surface area contributed by atoms with Crippen LogP contribution < -0.4 is 15.2 Å². The molecule has 6 nitrogen and oxygen atoms in total. The number of hydrogen-bond acceptors (Lipinski definition) is 5. The van der Waals surface area contributed by atoms with Crippen molar-refractivity contribution in [1.29, 1.82) is 0 Å². The van der Waals surface area contributed by atoms with Gasteiger partial charge < -0.3 is 14.7 Å². The Morgan fingerprint density at radius 2 is 1.93 bits per heavy atom. The van der Waals surface area contributed by atoms with E-state index in [1.807, 2.05) is 12.3 Å². The fraction of sp³-hybridized carbons (Fsp3) is 0.381. The third-order valence-corrected chi connectivity index (χ3v) is 5.72. The summed E-state index contributed by atoms with van der Waals surface area (Å²) in [6.07, 6.45) is 2.67. The zero-order valence-corrected chi connectivity index (χ0v) is 17.2. The summed E-state index contributed by atoms with van der Waals surface area (Å²) in [6, 6.07) is 12.7. The average molecular weight is 395 g/mol. The van der Waals surface area contributed by atoms with Gasteiger partial charge in [0.05, 0.1) is 11.4 Å². The number of hydrogen-bond donors (Lipinski definition) is 1. The van der Waals surface area contributed by atoms with Crippen LogP contribution in [0.3, 0.4) is 0 Å². The highest BCUT2D eigenvalue weighted by Crippen LogP contribution is 2.23. The molecule has 1 saturated heterocycles. The minimum absolute atomic E-state index is 0.688. The molecule has 0 bridgehead atoms. The molecule has 1 N–H and O–H groups in total. The van der Waals surface area contributed by atoms with Gasteiger partial charge in [-0.25, -0.2) is 0 Å². The highest BCUT2D eigenvalue weighted by molar-refractivity contribution is 7.80. The van der Waals surface area contributed by atoms with E-state index >= 15 is 0 Å². The maximum Gasteiger partial charge on any atom is 0.189 e. The average Bonchev–Trinajstić information content (AvgIpc) is 2.73. The topological polar surface area (TPSA) is 47.0 Å². The third-order valence-electron chi connectivity index (χ3n) is 5.38. The van der Waals surface area contributed by atoms with Crippen molar-refractivity contribution < 1.29 is 0 Å². The lowest BCUT2D eigenvalue weighted by Gasteiger charge is -2.37. The van der Waals surface area contributed by atoms with E-state index in [1.165, 1.54) is 11.3 Å². The van der Waals surface area contributed by atoms with E-state index < -0.39 is 0 Å². The quantitative estimate of drug-likeness (QED) is 0.624. The molecule has 2 aliphatic rings. The zero-order chi connectivity index (χ0) is 19.5. The molecule has 0 spiro atoms. The minimum atomic E-state index is 0.688.